The first-order chi connectivity index (χ1) is 15.1. The van der Waals surface area contributed by atoms with Gasteiger partial charge in [-0.25, -0.2) is 10.0 Å². The van der Waals surface area contributed by atoms with E-state index in [4.69, 9.17) is 16.3 Å². The van der Waals surface area contributed by atoms with Crippen LogP contribution in [0.5, 0.6) is 5.75 Å². The van der Waals surface area contributed by atoms with Crippen LogP contribution in [0.4, 0.5) is 0 Å². The Labute approximate surface area is 194 Å². The van der Waals surface area contributed by atoms with E-state index in [1.165, 1.54) is 0 Å². The number of hydrazine groups is 1. The lowest BCUT2D eigenvalue weighted by Gasteiger charge is -2.44. The van der Waals surface area contributed by atoms with Gasteiger partial charge in [-0.2, -0.15) is 0 Å². The van der Waals surface area contributed by atoms with E-state index in [2.05, 4.69) is 13.8 Å². The average Bonchev–Trinajstić information content (AvgIpc) is 2.70. The quantitative estimate of drug-likeness (QED) is 0.613. The standard InChI is InChI=1S/C26H29ClN2O3/c1-26(2)14-22-25(23(30)15-26)21(13-24(31)29(22)28(3)4)18-8-10-20(11-9-18)32-16-17-6-5-7-19(27)12-17/h5-12,21H,13-16H2,1-4H3. The van der Waals surface area contributed by atoms with Crippen LogP contribution in [-0.4, -0.2) is 35.8 Å². The summed E-state index contributed by atoms with van der Waals surface area (Å²) in [6, 6.07) is 15.3. The number of carbonyl (C=O) groups excluding carboxylic acids is 2. The van der Waals surface area contributed by atoms with Crippen molar-refractivity contribution in [2.75, 3.05) is 14.1 Å². The summed E-state index contributed by atoms with van der Waals surface area (Å²) in [5.41, 5.74) is 3.43. The van der Waals surface area contributed by atoms with E-state index in [1.54, 1.807) is 10.0 Å². The molecule has 1 atom stereocenters. The van der Waals surface area contributed by atoms with Crippen LogP contribution in [0.3, 0.4) is 0 Å². The Morgan fingerprint density at radius 3 is 2.47 bits per heavy atom. The van der Waals surface area contributed by atoms with Gasteiger partial charge < -0.3 is 4.74 Å². The van der Waals surface area contributed by atoms with Gasteiger partial charge in [-0.3, -0.25) is 9.59 Å². The summed E-state index contributed by atoms with van der Waals surface area (Å²) >= 11 is 6.04. The average molecular weight is 453 g/mol. The summed E-state index contributed by atoms with van der Waals surface area (Å²) in [5, 5.41) is 4.15. The molecule has 6 heteroatoms. The van der Waals surface area contributed by atoms with Gasteiger partial charge in [0.15, 0.2) is 5.78 Å². The molecule has 1 aliphatic heterocycles. The Kier molecular flexibility index (Phi) is 6.15. The second-order valence-electron chi connectivity index (χ2n) is 9.60. The van der Waals surface area contributed by atoms with Crippen molar-refractivity contribution in [2.45, 2.75) is 45.6 Å². The van der Waals surface area contributed by atoms with Crippen molar-refractivity contribution < 1.29 is 14.3 Å². The van der Waals surface area contributed by atoms with Crippen molar-refractivity contribution in [1.29, 1.82) is 0 Å². The third-order valence-electron chi connectivity index (χ3n) is 6.09. The third-order valence-corrected chi connectivity index (χ3v) is 6.33. The molecule has 0 N–H and O–H groups in total. The summed E-state index contributed by atoms with van der Waals surface area (Å²) in [4.78, 5) is 26.3. The van der Waals surface area contributed by atoms with Crippen LogP contribution in [0.2, 0.25) is 5.02 Å². The highest BCUT2D eigenvalue weighted by atomic mass is 35.5. The maximum atomic E-state index is 13.2. The molecule has 2 aliphatic rings. The molecule has 2 aromatic rings. The van der Waals surface area contributed by atoms with Crippen LogP contribution in [-0.2, 0) is 16.2 Å². The molecule has 0 aromatic heterocycles. The number of halogens is 1. The number of nitrogens with zero attached hydrogens (tertiary/aromatic N) is 2. The fraction of sp³-hybridized carbons (Fsp3) is 0.385. The summed E-state index contributed by atoms with van der Waals surface area (Å²) in [6.45, 7) is 4.59. The number of amides is 1. The van der Waals surface area contributed by atoms with Crippen LogP contribution in [0.1, 0.15) is 50.2 Å². The third kappa shape index (κ3) is 4.59. The summed E-state index contributed by atoms with van der Waals surface area (Å²) in [5.74, 6) is 0.669. The molecule has 168 valence electrons. The van der Waals surface area contributed by atoms with Crippen LogP contribution in [0.15, 0.2) is 59.8 Å². The van der Waals surface area contributed by atoms with Gasteiger partial charge >= 0.3 is 0 Å². The Hall–Kier alpha value is -2.63. The monoisotopic (exact) mass is 452 g/mol. The first kappa shape index (κ1) is 22.6. The first-order valence-electron chi connectivity index (χ1n) is 10.9. The Bertz CT molecular complexity index is 1070. The van der Waals surface area contributed by atoms with Gasteiger partial charge in [0.1, 0.15) is 12.4 Å². The van der Waals surface area contributed by atoms with E-state index in [0.717, 1.165) is 28.1 Å². The molecule has 1 aliphatic carbocycles. The number of hydrogen-bond donors (Lipinski definition) is 0. The highest BCUT2D eigenvalue weighted by Gasteiger charge is 2.44. The Balaban J connectivity index is 1.60. The van der Waals surface area contributed by atoms with E-state index in [-0.39, 0.29) is 29.4 Å². The minimum absolute atomic E-state index is 0.0190. The van der Waals surface area contributed by atoms with Crippen molar-refractivity contribution >= 4 is 23.3 Å². The van der Waals surface area contributed by atoms with Gasteiger partial charge in [-0.05, 0) is 47.2 Å². The molecule has 0 fully saturated rings. The van der Waals surface area contributed by atoms with Crippen molar-refractivity contribution in [2.24, 2.45) is 5.41 Å². The number of benzene rings is 2. The Morgan fingerprint density at radius 1 is 1.09 bits per heavy atom. The van der Waals surface area contributed by atoms with Gasteiger partial charge in [-0.1, -0.05) is 49.7 Å². The lowest BCUT2D eigenvalue weighted by molar-refractivity contribution is -0.143. The maximum Gasteiger partial charge on any atom is 0.242 e. The van der Waals surface area contributed by atoms with E-state index >= 15 is 0 Å². The van der Waals surface area contributed by atoms with Crippen LogP contribution in [0, 0.1) is 5.41 Å². The number of ketones is 1. The number of allylic oxidation sites excluding steroid dienone is 2. The van der Waals surface area contributed by atoms with Crippen molar-refractivity contribution in [3.63, 3.8) is 0 Å². The highest BCUT2D eigenvalue weighted by molar-refractivity contribution is 6.30. The minimum atomic E-state index is -0.223. The normalized spacial score (nSPS) is 20.6. The molecule has 5 nitrogen and oxygen atoms in total. The van der Waals surface area contributed by atoms with Crippen molar-refractivity contribution in [1.82, 2.24) is 10.0 Å². The molecular formula is C26H29ClN2O3. The van der Waals surface area contributed by atoms with Crippen LogP contribution < -0.4 is 4.74 Å². The van der Waals surface area contributed by atoms with E-state index in [1.807, 2.05) is 62.6 Å². The lowest BCUT2D eigenvalue weighted by atomic mass is 9.69. The number of Topliss-reactive ketones (excluding diaryl/α,β-unsaturated/α-hetero) is 1. The first-order valence-corrected chi connectivity index (χ1v) is 11.3. The summed E-state index contributed by atoms with van der Waals surface area (Å²) in [6.07, 6.45) is 1.49. The lowest BCUT2D eigenvalue weighted by Crippen LogP contribution is -2.49. The van der Waals surface area contributed by atoms with Crippen molar-refractivity contribution in [3.05, 3.63) is 76.0 Å². The number of hydrogen-bond acceptors (Lipinski definition) is 4. The second-order valence-corrected chi connectivity index (χ2v) is 10.0. The van der Waals surface area contributed by atoms with E-state index in [0.29, 0.717) is 24.5 Å². The molecule has 0 saturated heterocycles. The van der Waals surface area contributed by atoms with Gasteiger partial charge in [0, 0.05) is 49.1 Å². The minimum Gasteiger partial charge on any atom is -0.489 e. The highest BCUT2D eigenvalue weighted by Crippen LogP contribution is 2.47. The zero-order valence-corrected chi connectivity index (χ0v) is 19.8. The molecule has 1 heterocycles. The topological polar surface area (TPSA) is 49.9 Å². The number of rotatable bonds is 5. The SMILES string of the molecule is CN(C)N1C(=O)CC(c2ccc(OCc3cccc(Cl)c3)cc2)C2=C1CC(C)(C)CC2=O. The molecule has 1 unspecified atom stereocenters. The van der Waals surface area contributed by atoms with Crippen LogP contribution in [0.25, 0.3) is 0 Å². The Morgan fingerprint density at radius 2 is 1.81 bits per heavy atom. The smallest absolute Gasteiger partial charge is 0.242 e. The van der Waals surface area contributed by atoms with Crippen molar-refractivity contribution in [3.8, 4) is 5.75 Å². The molecule has 0 bridgehead atoms. The maximum absolute atomic E-state index is 13.2. The largest absolute Gasteiger partial charge is 0.489 e. The molecule has 0 spiro atoms. The van der Waals surface area contributed by atoms with E-state index in [9.17, 15) is 9.59 Å². The van der Waals surface area contributed by atoms with Crippen LogP contribution >= 0.6 is 11.6 Å². The second kappa shape index (κ2) is 8.72. The molecule has 2 aromatic carbocycles. The van der Waals surface area contributed by atoms with Gasteiger partial charge in [0.05, 0.1) is 0 Å². The number of carbonyl (C=O) groups is 2. The van der Waals surface area contributed by atoms with E-state index < -0.39 is 0 Å². The fourth-order valence-electron chi connectivity index (χ4n) is 4.74. The van der Waals surface area contributed by atoms with Gasteiger partial charge in [0.25, 0.3) is 0 Å². The zero-order chi connectivity index (χ0) is 23.0. The number of ether oxygens (including phenoxy) is 1. The van der Waals surface area contributed by atoms with Gasteiger partial charge in [-0.15, -0.1) is 0 Å². The molecule has 4 rings (SSSR count). The molecule has 0 radical (unpaired) electrons. The zero-order valence-electron chi connectivity index (χ0n) is 19.0. The molecule has 32 heavy (non-hydrogen) atoms. The summed E-state index contributed by atoms with van der Waals surface area (Å²) in [7, 11) is 3.70. The molecule has 1 amide bonds. The predicted octanol–water partition coefficient (Wildman–Crippen LogP) is 5.35. The molecule has 0 saturated carbocycles. The summed E-state index contributed by atoms with van der Waals surface area (Å²) < 4.78 is 5.89. The van der Waals surface area contributed by atoms with Gasteiger partial charge in [0.2, 0.25) is 5.91 Å². The molecular weight excluding hydrogens is 424 g/mol. The predicted molar refractivity (Wildman–Crippen MR) is 125 cm³/mol. The fourth-order valence-corrected chi connectivity index (χ4v) is 4.95.